The van der Waals surface area contributed by atoms with Gasteiger partial charge in [-0.1, -0.05) is 24.3 Å². The maximum atomic E-state index is 13.5. The molecule has 4 nitrogen and oxygen atoms in total. The number of aromatic nitrogens is 2. The van der Waals surface area contributed by atoms with Gasteiger partial charge in [-0.25, -0.2) is 4.39 Å². The van der Waals surface area contributed by atoms with Gasteiger partial charge in [0.1, 0.15) is 18.2 Å². The third kappa shape index (κ3) is 2.50. The van der Waals surface area contributed by atoms with Gasteiger partial charge < -0.3 is 0 Å². The van der Waals surface area contributed by atoms with E-state index in [0.717, 1.165) is 11.8 Å². The number of nitrogens with zero attached hydrogens (tertiary/aromatic N) is 2. The van der Waals surface area contributed by atoms with Gasteiger partial charge in [0.2, 0.25) is 0 Å². The lowest BCUT2D eigenvalue weighted by Crippen LogP contribution is -1.83. The topological polar surface area (TPSA) is 69.5 Å². The predicted molar refractivity (Wildman–Crippen MR) is 81.5 cm³/mol. The molecular formula is C17H10FN3O. The quantitative estimate of drug-likeness (QED) is 0.750. The van der Waals surface area contributed by atoms with Gasteiger partial charge in [-0.2, -0.15) is 10.4 Å². The first kappa shape index (κ1) is 13.7. The zero-order valence-electron chi connectivity index (χ0n) is 11.4. The van der Waals surface area contributed by atoms with Crippen molar-refractivity contribution < 1.29 is 9.18 Å². The highest BCUT2D eigenvalue weighted by Crippen LogP contribution is 2.22. The minimum atomic E-state index is -0.576. The van der Waals surface area contributed by atoms with E-state index in [-0.39, 0.29) is 5.56 Å². The van der Waals surface area contributed by atoms with Gasteiger partial charge in [0, 0.05) is 17.0 Å². The maximum Gasteiger partial charge on any atom is 0.150 e. The molecule has 0 fully saturated rings. The van der Waals surface area contributed by atoms with Crippen LogP contribution in [0.1, 0.15) is 27.2 Å². The van der Waals surface area contributed by atoms with Gasteiger partial charge in [-0.3, -0.25) is 9.89 Å². The number of H-pyrrole nitrogens is 1. The second-order valence-electron chi connectivity index (χ2n) is 4.72. The van der Waals surface area contributed by atoms with Crippen LogP contribution in [-0.4, -0.2) is 16.5 Å². The molecule has 22 heavy (non-hydrogen) atoms. The van der Waals surface area contributed by atoms with Crippen LogP contribution in [-0.2, 0) is 0 Å². The molecule has 2 aromatic carbocycles. The maximum absolute atomic E-state index is 13.5. The summed E-state index contributed by atoms with van der Waals surface area (Å²) in [6, 6.07) is 11.7. The van der Waals surface area contributed by atoms with Crippen molar-refractivity contribution in [3.63, 3.8) is 0 Å². The molecule has 0 aliphatic heterocycles. The van der Waals surface area contributed by atoms with E-state index in [2.05, 4.69) is 10.2 Å². The average Bonchev–Trinajstić information content (AvgIpc) is 2.94. The number of hydrogen-bond donors (Lipinski definition) is 1. The third-order valence-corrected chi connectivity index (χ3v) is 3.28. The summed E-state index contributed by atoms with van der Waals surface area (Å²) in [5.74, 6) is -0.576. The Morgan fingerprint density at radius 2 is 2.00 bits per heavy atom. The number of benzene rings is 2. The van der Waals surface area contributed by atoms with Crippen molar-refractivity contribution >= 4 is 29.3 Å². The molecule has 0 saturated heterocycles. The molecule has 1 aromatic heterocycles. The van der Waals surface area contributed by atoms with Gasteiger partial charge in [-0.15, -0.1) is 0 Å². The minimum absolute atomic E-state index is 0.0218. The zero-order chi connectivity index (χ0) is 15.5. The lowest BCUT2D eigenvalue weighted by atomic mass is 10.1. The van der Waals surface area contributed by atoms with Gasteiger partial charge >= 0.3 is 0 Å². The summed E-state index contributed by atoms with van der Waals surface area (Å²) in [6.07, 6.45) is 4.34. The molecule has 0 unspecified atom stereocenters. The summed E-state index contributed by atoms with van der Waals surface area (Å²) in [4.78, 5) is 10.8. The van der Waals surface area contributed by atoms with Crippen molar-refractivity contribution in [2.45, 2.75) is 0 Å². The number of carbonyl (C=O) groups is 1. The van der Waals surface area contributed by atoms with E-state index < -0.39 is 5.82 Å². The highest BCUT2D eigenvalue weighted by atomic mass is 19.1. The molecule has 1 N–H and O–H groups in total. The summed E-state index contributed by atoms with van der Waals surface area (Å²) in [7, 11) is 0. The van der Waals surface area contributed by atoms with Gasteiger partial charge in [0.25, 0.3) is 0 Å². The summed E-state index contributed by atoms with van der Waals surface area (Å²) >= 11 is 0. The lowest BCUT2D eigenvalue weighted by molar-refractivity contribution is 0.112. The van der Waals surface area contributed by atoms with Crippen LogP contribution >= 0.6 is 0 Å². The number of aldehydes is 1. The van der Waals surface area contributed by atoms with Crippen LogP contribution in [0.2, 0.25) is 0 Å². The molecule has 0 saturated carbocycles. The Kier molecular flexibility index (Phi) is 3.50. The molecule has 1 heterocycles. The van der Waals surface area contributed by atoms with Crippen LogP contribution < -0.4 is 0 Å². The molecule has 3 aromatic rings. The van der Waals surface area contributed by atoms with Crippen molar-refractivity contribution in [3.8, 4) is 6.07 Å². The van der Waals surface area contributed by atoms with Crippen molar-refractivity contribution in [1.29, 1.82) is 5.26 Å². The standard InChI is InChI=1S/C17H10FN3O/c18-15-8-17-14(7-13(15)9-19)16(20-21-17)5-4-11-2-1-3-12(6-11)10-22/h1-8,10H,(H,20,21)/b5-4+. The number of carbonyl (C=O) groups excluding carboxylic acids is 1. The van der Waals surface area contributed by atoms with E-state index in [1.54, 1.807) is 30.4 Å². The van der Waals surface area contributed by atoms with E-state index in [1.807, 2.05) is 12.1 Å². The molecule has 0 amide bonds. The van der Waals surface area contributed by atoms with Gasteiger partial charge in [-0.05, 0) is 23.8 Å². The summed E-state index contributed by atoms with van der Waals surface area (Å²) in [6.45, 7) is 0. The Hall–Kier alpha value is -3.26. The molecule has 0 aliphatic rings. The molecule has 0 atom stereocenters. The number of hydrogen-bond acceptors (Lipinski definition) is 3. The fraction of sp³-hybridized carbons (Fsp3) is 0. The second-order valence-corrected chi connectivity index (χ2v) is 4.72. The number of nitrogens with one attached hydrogen (secondary N) is 1. The van der Waals surface area contributed by atoms with Crippen molar-refractivity contribution in [1.82, 2.24) is 10.2 Å². The molecule has 106 valence electrons. The number of halogens is 1. The van der Waals surface area contributed by atoms with Crippen molar-refractivity contribution in [2.75, 3.05) is 0 Å². The van der Waals surface area contributed by atoms with Crippen LogP contribution in [0.4, 0.5) is 4.39 Å². The monoisotopic (exact) mass is 291 g/mol. The van der Waals surface area contributed by atoms with Crippen LogP contribution in [0, 0.1) is 17.1 Å². The molecule has 5 heteroatoms. The zero-order valence-corrected chi connectivity index (χ0v) is 11.4. The Bertz CT molecular complexity index is 935. The highest BCUT2D eigenvalue weighted by Gasteiger charge is 2.09. The molecule has 3 rings (SSSR count). The summed E-state index contributed by atoms with van der Waals surface area (Å²) < 4.78 is 13.5. The van der Waals surface area contributed by atoms with Gasteiger partial charge in [0.15, 0.2) is 0 Å². The SMILES string of the molecule is N#Cc1cc2c(/C=C/c3cccc(C=O)c3)n[nH]c2cc1F. The van der Waals surface area contributed by atoms with Crippen LogP contribution in [0.15, 0.2) is 36.4 Å². The average molecular weight is 291 g/mol. The predicted octanol–water partition coefficient (Wildman–Crippen LogP) is 3.56. The smallest absolute Gasteiger partial charge is 0.150 e. The molecule has 0 spiro atoms. The fourth-order valence-electron chi connectivity index (χ4n) is 2.18. The van der Waals surface area contributed by atoms with Crippen molar-refractivity contribution in [3.05, 3.63) is 64.6 Å². The number of rotatable bonds is 3. The van der Waals surface area contributed by atoms with Crippen LogP contribution in [0.5, 0.6) is 0 Å². The number of aromatic amines is 1. The van der Waals surface area contributed by atoms with Crippen LogP contribution in [0.3, 0.4) is 0 Å². The molecule has 0 aliphatic carbocycles. The highest BCUT2D eigenvalue weighted by molar-refractivity contribution is 5.90. The van der Waals surface area contributed by atoms with E-state index in [9.17, 15) is 9.18 Å². The largest absolute Gasteiger partial charge is 0.298 e. The second kappa shape index (κ2) is 5.62. The Morgan fingerprint density at radius 3 is 2.77 bits per heavy atom. The Morgan fingerprint density at radius 1 is 1.18 bits per heavy atom. The van der Waals surface area contributed by atoms with E-state index in [4.69, 9.17) is 5.26 Å². The first-order valence-corrected chi connectivity index (χ1v) is 6.52. The van der Waals surface area contributed by atoms with Gasteiger partial charge in [0.05, 0.1) is 16.8 Å². The number of fused-ring (bicyclic) bond motifs is 1. The van der Waals surface area contributed by atoms with Crippen LogP contribution in [0.25, 0.3) is 23.1 Å². The minimum Gasteiger partial charge on any atom is -0.298 e. The lowest BCUT2D eigenvalue weighted by Gasteiger charge is -1.96. The van der Waals surface area contributed by atoms with E-state index >= 15 is 0 Å². The Balaban J connectivity index is 2.01. The normalized spacial score (nSPS) is 10.9. The first-order valence-electron chi connectivity index (χ1n) is 6.52. The molecular weight excluding hydrogens is 281 g/mol. The number of nitriles is 1. The Labute approximate surface area is 125 Å². The first-order chi connectivity index (χ1) is 10.7. The summed E-state index contributed by atoms with van der Waals surface area (Å²) in [5.41, 5.74) is 2.54. The fourth-order valence-corrected chi connectivity index (χ4v) is 2.18. The molecule has 0 radical (unpaired) electrons. The summed E-state index contributed by atoms with van der Waals surface area (Å²) in [5, 5.41) is 16.4. The third-order valence-electron chi connectivity index (χ3n) is 3.28. The van der Waals surface area contributed by atoms with E-state index in [1.165, 1.54) is 12.1 Å². The van der Waals surface area contributed by atoms with E-state index in [0.29, 0.717) is 22.2 Å². The molecule has 0 bridgehead atoms. The van der Waals surface area contributed by atoms with Crippen molar-refractivity contribution in [2.24, 2.45) is 0 Å².